The predicted octanol–water partition coefficient (Wildman–Crippen LogP) is 2.38. The summed E-state index contributed by atoms with van der Waals surface area (Å²) in [5.74, 6) is 1.93. The zero-order chi connectivity index (χ0) is 23.9. The number of likely N-dealkylation sites (N-methyl/N-ethyl adjacent to an activating group) is 1. The number of nitrogens with zero attached hydrogens (tertiary/aromatic N) is 6. The van der Waals surface area contributed by atoms with Crippen LogP contribution >= 0.6 is 11.6 Å². The molecule has 1 saturated carbocycles. The molecule has 3 aliphatic heterocycles. The van der Waals surface area contributed by atoms with Gasteiger partial charge in [-0.1, -0.05) is 29.8 Å². The van der Waals surface area contributed by atoms with E-state index in [2.05, 4.69) is 56.7 Å². The highest BCUT2D eigenvalue weighted by Crippen LogP contribution is 2.65. The normalized spacial score (nSPS) is 31.3. The van der Waals surface area contributed by atoms with Gasteiger partial charge in [-0.25, -0.2) is 9.97 Å². The van der Waals surface area contributed by atoms with Crippen molar-refractivity contribution in [3.63, 3.8) is 0 Å². The van der Waals surface area contributed by atoms with Gasteiger partial charge in [0.2, 0.25) is 0 Å². The zero-order valence-electron chi connectivity index (χ0n) is 19.8. The molecule has 0 spiro atoms. The summed E-state index contributed by atoms with van der Waals surface area (Å²) >= 11 is 6.78. The number of H-pyrrole nitrogens is 1. The molecule has 5 heterocycles. The van der Waals surface area contributed by atoms with E-state index in [1.165, 1.54) is 5.70 Å². The van der Waals surface area contributed by atoms with Crippen molar-refractivity contribution >= 4 is 39.9 Å². The maximum Gasteiger partial charge on any atom is 0.177 e. The number of hydrazone groups is 1. The van der Waals surface area contributed by atoms with Crippen molar-refractivity contribution in [2.45, 2.75) is 19.4 Å². The van der Waals surface area contributed by atoms with E-state index in [1.54, 1.807) is 0 Å². The molecule has 0 radical (unpaired) electrons. The first-order valence-electron chi connectivity index (χ1n) is 12.2. The molecule has 2 aromatic rings. The molecule has 1 saturated heterocycles. The largest absolute Gasteiger partial charge is 0.382 e. The van der Waals surface area contributed by atoms with E-state index in [0.29, 0.717) is 41.6 Å². The predicted molar refractivity (Wildman–Crippen MR) is 138 cm³/mol. The van der Waals surface area contributed by atoms with Crippen LogP contribution in [0.25, 0.3) is 16.7 Å². The van der Waals surface area contributed by atoms with Crippen LogP contribution in [-0.2, 0) is 0 Å². The van der Waals surface area contributed by atoms with Crippen LogP contribution in [0.2, 0.25) is 0 Å². The number of halogens is 1. The second-order valence-electron chi connectivity index (χ2n) is 10.2. The summed E-state index contributed by atoms with van der Waals surface area (Å²) in [5, 5.41) is 18.4. The van der Waals surface area contributed by atoms with Gasteiger partial charge in [0.05, 0.1) is 23.5 Å². The molecule has 0 amide bonds. The molecule has 2 aromatic heterocycles. The van der Waals surface area contributed by atoms with Gasteiger partial charge in [0, 0.05) is 61.4 Å². The van der Waals surface area contributed by atoms with Gasteiger partial charge < -0.3 is 16.0 Å². The van der Waals surface area contributed by atoms with Crippen LogP contribution in [0.3, 0.4) is 0 Å². The lowest BCUT2D eigenvalue weighted by Crippen LogP contribution is -2.40. The summed E-state index contributed by atoms with van der Waals surface area (Å²) in [4.78, 5) is 12.0. The van der Waals surface area contributed by atoms with Crippen LogP contribution in [0.15, 0.2) is 51.9 Å². The van der Waals surface area contributed by atoms with Crippen LogP contribution in [0, 0.1) is 17.3 Å². The molecule has 35 heavy (non-hydrogen) atoms. The average Bonchev–Trinajstić information content (AvgIpc) is 3.30. The number of aromatic nitrogens is 4. The Kier molecular flexibility index (Phi) is 4.48. The number of anilines is 1. The Hall–Kier alpha value is -3.17. The van der Waals surface area contributed by atoms with E-state index in [-0.39, 0.29) is 5.41 Å². The number of rotatable bonds is 4. The lowest BCUT2D eigenvalue weighted by molar-refractivity contribution is 0.409. The van der Waals surface area contributed by atoms with Gasteiger partial charge in [-0.3, -0.25) is 10.1 Å². The van der Waals surface area contributed by atoms with Crippen molar-refractivity contribution in [2.75, 3.05) is 38.1 Å². The van der Waals surface area contributed by atoms with Gasteiger partial charge in [0.15, 0.2) is 5.65 Å². The fraction of sp³-hybridized carbons (Fsp3) is 0.440. The van der Waals surface area contributed by atoms with Crippen LogP contribution in [0.4, 0.5) is 5.82 Å². The SMILES string of the molecule is CC1C=CC=C([C@]2(CN)[C@@H]3CN(c4cnc5c(C6=CCC7=NN(C)CC7=C6Cl)n[nH]c5n4)C[C@@H]32)N1. The molecule has 5 aliphatic rings. The summed E-state index contributed by atoms with van der Waals surface area (Å²) in [6, 6.07) is 0.343. The van der Waals surface area contributed by atoms with E-state index >= 15 is 0 Å². The molecular weight excluding hydrogens is 462 g/mol. The summed E-state index contributed by atoms with van der Waals surface area (Å²) < 4.78 is 0. The fourth-order valence-corrected chi connectivity index (χ4v) is 6.78. The van der Waals surface area contributed by atoms with Crippen LogP contribution in [0.1, 0.15) is 19.0 Å². The highest BCUT2D eigenvalue weighted by Gasteiger charge is 2.69. The lowest BCUT2D eigenvalue weighted by atomic mass is 9.92. The van der Waals surface area contributed by atoms with Crippen molar-refractivity contribution in [3.05, 3.63) is 52.5 Å². The van der Waals surface area contributed by atoms with Gasteiger partial charge in [0.25, 0.3) is 0 Å². The third-order valence-electron chi connectivity index (χ3n) is 8.28. The van der Waals surface area contributed by atoms with Crippen molar-refractivity contribution in [1.82, 2.24) is 30.5 Å². The number of dihydropyridines is 1. The second-order valence-corrected chi connectivity index (χ2v) is 10.6. The molecule has 2 aliphatic carbocycles. The Bertz CT molecular complexity index is 1380. The lowest BCUT2D eigenvalue weighted by Gasteiger charge is -2.31. The standard InChI is InChI=1S/C25H28ClN9/c1-13-4-3-5-19(29-13)25(12-27)16-10-35(11-17(16)25)20-8-28-23-22(31-32-24(23)30-20)14-6-7-18-15(21(14)26)9-34(2)33-18/h3-6,8,13,16-17,29H,7,9-12,27H2,1-2H3,(H,30,31,32)/t13?,16-,17+,25-. The minimum atomic E-state index is 0.0579. The number of hydrogen-bond acceptors (Lipinski definition) is 8. The first kappa shape index (κ1) is 21.1. The Labute approximate surface area is 208 Å². The van der Waals surface area contributed by atoms with Crippen molar-refractivity contribution < 1.29 is 0 Å². The summed E-state index contributed by atoms with van der Waals surface area (Å²) in [6.45, 7) is 5.41. The average molecular weight is 490 g/mol. The summed E-state index contributed by atoms with van der Waals surface area (Å²) in [6.07, 6.45) is 11.2. The molecule has 180 valence electrons. The zero-order valence-corrected chi connectivity index (χ0v) is 20.5. The van der Waals surface area contributed by atoms with Gasteiger partial charge in [-0.15, -0.1) is 0 Å². The number of fused-ring (bicyclic) bond motifs is 3. The highest BCUT2D eigenvalue weighted by atomic mass is 35.5. The van der Waals surface area contributed by atoms with E-state index in [4.69, 9.17) is 27.3 Å². The first-order valence-corrected chi connectivity index (χ1v) is 12.6. The first-order chi connectivity index (χ1) is 17.0. The maximum absolute atomic E-state index is 6.78. The Morgan fingerprint density at radius 3 is 2.89 bits per heavy atom. The fourth-order valence-electron chi connectivity index (χ4n) is 6.45. The second kappa shape index (κ2) is 7.41. The third kappa shape index (κ3) is 2.97. The Morgan fingerprint density at radius 2 is 2.11 bits per heavy atom. The van der Waals surface area contributed by atoms with Crippen LogP contribution in [-0.4, -0.2) is 70.2 Å². The quantitative estimate of drug-likeness (QED) is 0.604. The monoisotopic (exact) mass is 489 g/mol. The molecule has 9 nitrogen and oxygen atoms in total. The van der Waals surface area contributed by atoms with Crippen molar-refractivity contribution in [3.8, 4) is 0 Å². The minimum absolute atomic E-state index is 0.0579. The van der Waals surface area contributed by atoms with Gasteiger partial charge >= 0.3 is 0 Å². The molecule has 10 heteroatoms. The number of nitrogens with one attached hydrogen (secondary N) is 2. The third-order valence-corrected chi connectivity index (χ3v) is 8.72. The van der Waals surface area contributed by atoms with Gasteiger partial charge in [0.1, 0.15) is 17.0 Å². The minimum Gasteiger partial charge on any atom is -0.382 e. The molecule has 0 aromatic carbocycles. The molecular formula is C25H28ClN9. The van der Waals surface area contributed by atoms with Crippen molar-refractivity contribution in [1.29, 1.82) is 0 Å². The van der Waals surface area contributed by atoms with Crippen LogP contribution < -0.4 is 16.0 Å². The number of allylic oxidation sites excluding steroid dienone is 5. The number of aromatic amines is 1. The molecule has 0 bridgehead atoms. The molecule has 1 unspecified atom stereocenters. The number of nitrogens with two attached hydrogens (primary N) is 1. The summed E-state index contributed by atoms with van der Waals surface area (Å²) in [5.41, 5.74) is 12.8. The van der Waals surface area contributed by atoms with E-state index in [0.717, 1.165) is 53.4 Å². The van der Waals surface area contributed by atoms with Crippen LogP contribution in [0.5, 0.6) is 0 Å². The number of hydrogen-bond donors (Lipinski definition) is 3. The highest BCUT2D eigenvalue weighted by molar-refractivity contribution is 6.40. The molecule has 2 fully saturated rings. The van der Waals surface area contributed by atoms with E-state index < -0.39 is 0 Å². The maximum atomic E-state index is 6.78. The topological polar surface area (TPSA) is 111 Å². The molecule has 4 N–H and O–H groups in total. The molecule has 7 rings (SSSR count). The van der Waals surface area contributed by atoms with Gasteiger partial charge in [-0.2, -0.15) is 10.2 Å². The van der Waals surface area contributed by atoms with E-state index in [9.17, 15) is 0 Å². The Morgan fingerprint density at radius 1 is 1.29 bits per heavy atom. The van der Waals surface area contributed by atoms with Gasteiger partial charge in [-0.05, 0) is 24.8 Å². The number of piperidine rings is 1. The van der Waals surface area contributed by atoms with E-state index in [1.807, 2.05) is 18.3 Å². The summed E-state index contributed by atoms with van der Waals surface area (Å²) in [7, 11) is 1.96. The van der Waals surface area contributed by atoms with Crippen molar-refractivity contribution in [2.24, 2.45) is 28.1 Å². The Balaban J connectivity index is 1.13. The smallest absolute Gasteiger partial charge is 0.177 e. The molecule has 4 atom stereocenters.